The van der Waals surface area contributed by atoms with Crippen LogP contribution in [0.1, 0.15) is 48.4 Å². The van der Waals surface area contributed by atoms with Gasteiger partial charge < -0.3 is 52.5 Å². The van der Waals surface area contributed by atoms with Crippen molar-refractivity contribution in [2.45, 2.75) is 37.6 Å². The minimum absolute atomic E-state index is 0.0316. The maximum Gasteiger partial charge on any atom is 0.338 e. The Morgan fingerprint density at radius 1 is 0.603 bits per heavy atom. The van der Waals surface area contributed by atoms with Crippen molar-refractivity contribution in [3.8, 4) is 40.1 Å². The summed E-state index contributed by atoms with van der Waals surface area (Å²) < 4.78 is 55.0. The van der Waals surface area contributed by atoms with Crippen molar-refractivity contribution in [2.24, 2.45) is 0 Å². The zero-order valence-electron chi connectivity index (χ0n) is 36.3. The number of methoxy groups -OCH3 is 1. The highest BCUT2D eigenvalue weighted by molar-refractivity contribution is 5.92. The van der Waals surface area contributed by atoms with Gasteiger partial charge in [0.15, 0.2) is 29.5 Å². The van der Waals surface area contributed by atoms with E-state index in [0.29, 0.717) is 0 Å². The minimum atomic E-state index is -1.77. The molecule has 0 radical (unpaired) electrons. The number of fused-ring (bicyclic) bond motifs is 1. The van der Waals surface area contributed by atoms with E-state index >= 15 is 0 Å². The van der Waals surface area contributed by atoms with Gasteiger partial charge in [0.05, 0.1) is 36.0 Å². The third kappa shape index (κ3) is 10.1. The van der Waals surface area contributed by atoms with Gasteiger partial charge in [-0.05, 0) is 73.7 Å². The first-order chi connectivity index (χ1) is 33.0. The fourth-order valence-corrected chi connectivity index (χ4v) is 7.38. The van der Waals surface area contributed by atoms with Gasteiger partial charge >= 0.3 is 23.9 Å². The molecule has 16 heteroatoms. The van der Waals surface area contributed by atoms with E-state index in [1.165, 1.54) is 86.0 Å². The van der Waals surface area contributed by atoms with Gasteiger partial charge in [-0.25, -0.2) is 19.2 Å². The number of ether oxygens (including phenoxy) is 8. The molecule has 0 amide bonds. The zero-order chi connectivity index (χ0) is 47.7. The molecule has 1 fully saturated rings. The van der Waals surface area contributed by atoms with Gasteiger partial charge in [-0.1, -0.05) is 72.8 Å². The average Bonchev–Trinajstić information content (AvgIpc) is 3.36. The third-order valence-corrected chi connectivity index (χ3v) is 10.6. The number of phenols is 2. The number of hydrogen-bond donors (Lipinski definition) is 2. The highest BCUT2D eigenvalue weighted by Gasteiger charge is 2.54. The second kappa shape index (κ2) is 20.7. The standard InChI is InChI=1S/C52H42O16/c1-3-61-38-27-35(28-39-41(38)42(55)45(60-2)43(64-39)34-24-25-36(53)37(54)26-34)63-52-47(68-51(59)33-22-14-7-15-23-33)46(67-50(58)32-20-12-6-13-21-32)44(66-49(57)31-18-10-5-11-19-31)40(65-52)29-62-48(56)30-16-8-4-9-17-30/h4-28,40,44,46-47,52-54H,3,29H2,1-2H3/t40?,44-,46?,47?,52-/m1/s1. The van der Waals surface area contributed by atoms with Crippen molar-refractivity contribution in [1.82, 2.24) is 0 Å². The first-order valence-corrected chi connectivity index (χ1v) is 21.2. The van der Waals surface area contributed by atoms with Gasteiger partial charge in [0.2, 0.25) is 23.6 Å². The minimum Gasteiger partial charge on any atom is -0.504 e. The number of esters is 4. The summed E-state index contributed by atoms with van der Waals surface area (Å²) in [6.07, 6.45) is -8.38. The molecule has 68 heavy (non-hydrogen) atoms. The molecule has 16 nitrogen and oxygen atoms in total. The Balaban J connectivity index is 1.27. The van der Waals surface area contributed by atoms with Gasteiger partial charge in [0.25, 0.3) is 0 Å². The number of aromatic hydroxyl groups is 2. The van der Waals surface area contributed by atoms with Gasteiger partial charge in [0.1, 0.15) is 35.2 Å². The molecule has 6 aromatic carbocycles. The molecule has 2 heterocycles. The Morgan fingerprint density at radius 3 is 1.63 bits per heavy atom. The molecule has 5 atom stereocenters. The highest BCUT2D eigenvalue weighted by Crippen LogP contribution is 2.40. The Morgan fingerprint density at radius 2 is 1.12 bits per heavy atom. The number of carbonyl (C=O) groups excluding carboxylic acids is 4. The monoisotopic (exact) mass is 922 g/mol. The normalized spacial score (nSPS) is 17.6. The van der Waals surface area contributed by atoms with E-state index in [1.54, 1.807) is 79.7 Å². The summed E-state index contributed by atoms with van der Waals surface area (Å²) in [4.78, 5) is 69.7. The molecule has 3 unspecified atom stereocenters. The van der Waals surface area contributed by atoms with Crippen LogP contribution < -0.4 is 19.6 Å². The number of benzene rings is 6. The SMILES string of the molecule is CCOc1cc(O[C@@H]2OC(COC(=O)c3ccccc3)[C@@H](OC(=O)c3ccccc3)C(OC(=O)c3ccccc3)C2OC(=O)c2ccccc2)cc2oc(-c3ccc(O)c(O)c3)c(OC)c(=O)c12. The highest BCUT2D eigenvalue weighted by atomic mass is 16.7. The van der Waals surface area contributed by atoms with Crippen LogP contribution in [0.2, 0.25) is 0 Å². The first-order valence-electron chi connectivity index (χ1n) is 21.2. The first kappa shape index (κ1) is 45.9. The number of hydrogen-bond acceptors (Lipinski definition) is 16. The molecule has 0 bridgehead atoms. The fraction of sp³-hybridized carbons (Fsp3) is 0.173. The van der Waals surface area contributed by atoms with Crippen molar-refractivity contribution < 1.29 is 71.7 Å². The molecule has 346 valence electrons. The van der Waals surface area contributed by atoms with Crippen molar-refractivity contribution >= 4 is 34.8 Å². The molecule has 8 rings (SSSR count). The second-order valence-electron chi connectivity index (χ2n) is 15.1. The summed E-state index contributed by atoms with van der Waals surface area (Å²) in [5.74, 6) is -4.90. The van der Waals surface area contributed by atoms with Crippen molar-refractivity contribution in [3.63, 3.8) is 0 Å². The molecule has 7 aromatic rings. The van der Waals surface area contributed by atoms with E-state index < -0.39 is 78.1 Å². The van der Waals surface area contributed by atoms with E-state index in [9.17, 15) is 34.2 Å². The number of rotatable bonds is 15. The molecule has 0 saturated carbocycles. The molecular weight excluding hydrogens is 881 g/mol. The summed E-state index contributed by atoms with van der Waals surface area (Å²) in [7, 11) is 1.26. The predicted octanol–water partition coefficient (Wildman–Crippen LogP) is 7.92. The Bertz CT molecular complexity index is 2980. The lowest BCUT2D eigenvalue weighted by molar-refractivity contribution is -0.275. The van der Waals surface area contributed by atoms with Crippen LogP contribution in [0.25, 0.3) is 22.3 Å². The molecule has 1 saturated heterocycles. The van der Waals surface area contributed by atoms with Crippen LogP contribution in [0.4, 0.5) is 0 Å². The quantitative estimate of drug-likeness (QED) is 0.0568. The maximum absolute atomic E-state index is 14.1. The van der Waals surface area contributed by atoms with Crippen LogP contribution in [0, 0.1) is 0 Å². The molecule has 1 aliphatic heterocycles. The number of carbonyl (C=O) groups is 4. The van der Waals surface area contributed by atoms with Crippen molar-refractivity contribution in [2.75, 3.05) is 20.3 Å². The summed E-state index contributed by atoms with van der Waals surface area (Å²) in [6.45, 7) is 1.13. The largest absolute Gasteiger partial charge is 0.504 e. The Labute approximate surface area is 387 Å². The lowest BCUT2D eigenvalue weighted by Gasteiger charge is -2.44. The van der Waals surface area contributed by atoms with E-state index in [4.69, 9.17) is 42.3 Å². The molecule has 0 spiro atoms. The lowest BCUT2D eigenvalue weighted by Crippen LogP contribution is -2.63. The molecule has 0 aliphatic carbocycles. The van der Waals surface area contributed by atoms with Gasteiger partial charge in [0, 0.05) is 17.7 Å². The van der Waals surface area contributed by atoms with Crippen LogP contribution in [0.15, 0.2) is 161 Å². The summed E-state index contributed by atoms with van der Waals surface area (Å²) in [5, 5.41) is 20.3. The van der Waals surface area contributed by atoms with E-state index in [1.807, 2.05) is 0 Å². The average molecular weight is 923 g/mol. The molecular formula is C52H42O16. The van der Waals surface area contributed by atoms with Crippen molar-refractivity contribution in [3.05, 3.63) is 184 Å². The molecule has 1 aliphatic rings. The smallest absolute Gasteiger partial charge is 0.338 e. The zero-order valence-corrected chi connectivity index (χ0v) is 36.3. The van der Waals surface area contributed by atoms with E-state index in [2.05, 4.69) is 0 Å². The summed E-state index contributed by atoms with van der Waals surface area (Å²) >= 11 is 0. The lowest BCUT2D eigenvalue weighted by atomic mass is 9.97. The van der Waals surface area contributed by atoms with Crippen LogP contribution in [0.5, 0.6) is 28.7 Å². The van der Waals surface area contributed by atoms with Gasteiger partial charge in [-0.15, -0.1) is 0 Å². The van der Waals surface area contributed by atoms with Gasteiger partial charge in [-0.3, -0.25) is 4.79 Å². The topological polar surface area (TPSA) is 213 Å². The number of phenolic OH excluding ortho intramolecular Hbond substituents is 2. The Kier molecular flexibility index (Phi) is 14.0. The van der Waals surface area contributed by atoms with Crippen LogP contribution in [-0.2, 0) is 23.7 Å². The molecule has 1 aromatic heterocycles. The third-order valence-electron chi connectivity index (χ3n) is 10.6. The van der Waals surface area contributed by atoms with Crippen LogP contribution in [-0.4, -0.2) is 85.1 Å². The maximum atomic E-state index is 14.1. The summed E-state index contributed by atoms with van der Waals surface area (Å²) in [5.41, 5.74) is -0.134. The van der Waals surface area contributed by atoms with E-state index in [-0.39, 0.29) is 68.4 Å². The summed E-state index contributed by atoms with van der Waals surface area (Å²) in [6, 6.07) is 38.2. The van der Waals surface area contributed by atoms with Gasteiger partial charge in [-0.2, -0.15) is 0 Å². The molecule has 2 N–H and O–H groups in total. The Hall–Kier alpha value is -8.63. The fourth-order valence-electron chi connectivity index (χ4n) is 7.38. The van der Waals surface area contributed by atoms with Crippen LogP contribution >= 0.6 is 0 Å². The van der Waals surface area contributed by atoms with Crippen LogP contribution in [0.3, 0.4) is 0 Å². The second-order valence-corrected chi connectivity index (χ2v) is 15.1. The van der Waals surface area contributed by atoms with Crippen molar-refractivity contribution in [1.29, 1.82) is 0 Å². The predicted molar refractivity (Wildman–Crippen MR) is 242 cm³/mol. The van der Waals surface area contributed by atoms with E-state index in [0.717, 1.165) is 0 Å².